The van der Waals surface area contributed by atoms with Crippen molar-refractivity contribution in [3.63, 3.8) is 0 Å². The molecule has 1 aromatic heterocycles. The van der Waals surface area contributed by atoms with Gasteiger partial charge >= 0.3 is 0 Å². The largest absolute Gasteiger partial charge is 0.367 e. The van der Waals surface area contributed by atoms with Crippen molar-refractivity contribution in [1.29, 1.82) is 0 Å². The Morgan fingerprint density at radius 3 is 2.59 bits per heavy atom. The second-order valence-corrected chi connectivity index (χ2v) is 10.1. The lowest BCUT2D eigenvalue weighted by molar-refractivity contribution is -0.0384. The van der Waals surface area contributed by atoms with E-state index in [1.165, 1.54) is 18.3 Å². The molecule has 1 saturated carbocycles. The van der Waals surface area contributed by atoms with Gasteiger partial charge in [-0.2, -0.15) is 0 Å². The molecule has 2 aliphatic rings. The first kappa shape index (κ1) is 20.3. The molecule has 158 valence electrons. The number of nitrogens with zero attached hydrogens (tertiary/aromatic N) is 1. The lowest BCUT2D eigenvalue weighted by Crippen LogP contribution is -2.30. The van der Waals surface area contributed by atoms with Gasteiger partial charge in [0.15, 0.2) is 0 Å². The van der Waals surface area contributed by atoms with Crippen molar-refractivity contribution in [3.8, 4) is 0 Å². The number of halogens is 2. The zero-order valence-corrected chi connectivity index (χ0v) is 17.6. The summed E-state index contributed by atoms with van der Waals surface area (Å²) in [6.07, 6.45) is 1.84. The maximum absolute atomic E-state index is 13.5. The van der Waals surface area contributed by atoms with Gasteiger partial charge in [0.2, 0.25) is 15.9 Å². The topological polar surface area (TPSA) is 65.2 Å². The van der Waals surface area contributed by atoms with E-state index in [4.69, 9.17) is 0 Å². The van der Waals surface area contributed by atoms with Crippen LogP contribution < -0.4 is 9.62 Å². The molecule has 2 aromatic rings. The highest BCUT2D eigenvalue weighted by Gasteiger charge is 2.36. The van der Waals surface area contributed by atoms with Crippen molar-refractivity contribution in [2.24, 2.45) is 0 Å². The quantitative estimate of drug-likeness (QED) is 0.779. The lowest BCUT2D eigenvalue weighted by atomic mass is 9.85. The van der Waals surface area contributed by atoms with Crippen LogP contribution in [0.15, 0.2) is 29.2 Å². The third kappa shape index (κ3) is 4.05. The summed E-state index contributed by atoms with van der Waals surface area (Å²) in [4.78, 5) is 6.01. The number of benzene rings is 1. The number of anilines is 1. The van der Waals surface area contributed by atoms with Crippen molar-refractivity contribution in [1.82, 2.24) is 9.71 Å². The molecule has 8 heteroatoms. The number of fused-ring (bicyclic) bond motifs is 1. The maximum Gasteiger partial charge on any atom is 0.248 e. The molecule has 0 saturated heterocycles. The number of alkyl halides is 2. The Labute approximate surface area is 170 Å². The predicted octanol–water partition coefficient (Wildman–Crippen LogP) is 4.09. The molecule has 0 bridgehead atoms. The molecule has 1 aliphatic heterocycles. The predicted molar refractivity (Wildman–Crippen MR) is 109 cm³/mol. The fraction of sp³-hybridized carbons (Fsp3) is 0.524. The summed E-state index contributed by atoms with van der Waals surface area (Å²) in [7, 11) is -2.06. The average Bonchev–Trinajstić information content (AvgIpc) is 3.11. The average molecular weight is 424 g/mol. The molecular formula is C21H27F2N3O2S. The number of nitrogens with one attached hydrogen (secondary N) is 2. The Morgan fingerprint density at radius 2 is 1.93 bits per heavy atom. The lowest BCUT2D eigenvalue weighted by Gasteiger charge is -2.30. The van der Waals surface area contributed by atoms with Crippen LogP contribution in [0, 0.1) is 6.92 Å². The van der Waals surface area contributed by atoms with E-state index in [-0.39, 0.29) is 23.7 Å². The fourth-order valence-corrected chi connectivity index (χ4v) is 5.32. The van der Waals surface area contributed by atoms with E-state index < -0.39 is 15.9 Å². The van der Waals surface area contributed by atoms with Crippen LogP contribution in [-0.2, 0) is 23.0 Å². The zero-order valence-electron chi connectivity index (χ0n) is 16.8. The molecule has 1 aromatic carbocycles. The van der Waals surface area contributed by atoms with E-state index in [1.807, 2.05) is 13.0 Å². The Hall–Kier alpha value is -1.93. The van der Waals surface area contributed by atoms with Gasteiger partial charge < -0.3 is 9.88 Å². The molecule has 1 aliphatic carbocycles. The van der Waals surface area contributed by atoms with Crippen LogP contribution in [0.25, 0.3) is 0 Å². The summed E-state index contributed by atoms with van der Waals surface area (Å²) in [5, 5.41) is 0. The molecule has 4 rings (SSSR count). The first-order chi connectivity index (χ1) is 13.7. The van der Waals surface area contributed by atoms with E-state index >= 15 is 0 Å². The third-order valence-electron chi connectivity index (χ3n) is 6.25. The summed E-state index contributed by atoms with van der Waals surface area (Å²) in [5.74, 6) is -2.33. The molecule has 2 N–H and O–H groups in total. The first-order valence-corrected chi connectivity index (χ1v) is 11.5. The minimum Gasteiger partial charge on any atom is -0.367 e. The van der Waals surface area contributed by atoms with Crippen LogP contribution in [0.1, 0.15) is 54.1 Å². The van der Waals surface area contributed by atoms with Gasteiger partial charge in [-0.05, 0) is 68.1 Å². The molecular weight excluding hydrogens is 396 g/mol. The van der Waals surface area contributed by atoms with E-state index in [2.05, 4.69) is 20.7 Å². The van der Waals surface area contributed by atoms with Crippen LogP contribution in [0.5, 0.6) is 0 Å². The van der Waals surface area contributed by atoms with Crippen LogP contribution in [0.2, 0.25) is 0 Å². The Kier molecular flexibility index (Phi) is 5.19. The fourth-order valence-electron chi connectivity index (χ4n) is 4.51. The van der Waals surface area contributed by atoms with Gasteiger partial charge in [0.05, 0.1) is 4.90 Å². The standard InChI is InChI=1S/C21H27F2N3O2S/c1-14-11-17(29(27,28)24-2)3-4-20(14)26-10-7-18-16(13-26)12-19(25-18)15-5-8-21(22,23)9-6-15/h3-4,11-12,15,24-25H,5-10,13H2,1-2H3. The molecule has 29 heavy (non-hydrogen) atoms. The number of hydrogen-bond acceptors (Lipinski definition) is 3. The molecule has 0 spiro atoms. The van der Waals surface area contributed by atoms with Crippen molar-refractivity contribution in [2.75, 3.05) is 18.5 Å². The molecule has 1 fully saturated rings. The molecule has 0 amide bonds. The monoisotopic (exact) mass is 423 g/mol. The summed E-state index contributed by atoms with van der Waals surface area (Å²) < 4.78 is 53.3. The number of hydrogen-bond donors (Lipinski definition) is 2. The van der Waals surface area contributed by atoms with Gasteiger partial charge in [-0.3, -0.25) is 0 Å². The van der Waals surface area contributed by atoms with Crippen LogP contribution in [-0.4, -0.2) is 32.9 Å². The molecule has 5 nitrogen and oxygen atoms in total. The Bertz CT molecular complexity index is 1010. The number of sulfonamides is 1. The summed E-state index contributed by atoms with van der Waals surface area (Å²) in [6.45, 7) is 3.48. The molecule has 2 heterocycles. The highest BCUT2D eigenvalue weighted by atomic mass is 32.2. The Balaban J connectivity index is 1.52. The van der Waals surface area contributed by atoms with Crippen molar-refractivity contribution >= 4 is 15.7 Å². The SMILES string of the molecule is CNS(=O)(=O)c1ccc(N2CCc3[nH]c(C4CCC(F)(F)CC4)cc3C2)c(C)c1. The minimum absolute atomic E-state index is 0.0332. The van der Waals surface area contributed by atoms with E-state index in [0.29, 0.717) is 12.8 Å². The minimum atomic E-state index is -3.46. The van der Waals surface area contributed by atoms with Gasteiger partial charge in [0.1, 0.15) is 0 Å². The Morgan fingerprint density at radius 1 is 1.21 bits per heavy atom. The molecule has 0 unspecified atom stereocenters. The number of aryl methyl sites for hydroxylation is 1. The highest BCUT2D eigenvalue weighted by Crippen LogP contribution is 2.41. The van der Waals surface area contributed by atoms with Gasteiger partial charge in [0.25, 0.3) is 0 Å². The van der Waals surface area contributed by atoms with Gasteiger partial charge in [0, 0.05) is 49.4 Å². The first-order valence-electron chi connectivity index (χ1n) is 10.1. The maximum atomic E-state index is 13.5. The molecule has 0 radical (unpaired) electrons. The second kappa shape index (κ2) is 7.40. The summed E-state index contributed by atoms with van der Waals surface area (Å²) in [5.41, 5.74) is 5.41. The number of aromatic nitrogens is 1. The zero-order chi connectivity index (χ0) is 20.8. The van der Waals surface area contributed by atoms with Crippen LogP contribution in [0.4, 0.5) is 14.5 Å². The van der Waals surface area contributed by atoms with Crippen molar-refractivity contribution in [2.45, 2.75) is 62.3 Å². The number of H-pyrrole nitrogens is 1. The number of rotatable bonds is 4. The second-order valence-electron chi connectivity index (χ2n) is 8.19. The summed E-state index contributed by atoms with van der Waals surface area (Å²) in [6, 6.07) is 7.34. The van der Waals surface area contributed by atoms with E-state index in [0.717, 1.165) is 36.5 Å². The van der Waals surface area contributed by atoms with E-state index in [9.17, 15) is 17.2 Å². The normalized spacial score (nSPS) is 19.9. The van der Waals surface area contributed by atoms with Gasteiger partial charge in [-0.25, -0.2) is 21.9 Å². The van der Waals surface area contributed by atoms with Gasteiger partial charge in [-0.15, -0.1) is 0 Å². The third-order valence-corrected chi connectivity index (χ3v) is 7.66. The summed E-state index contributed by atoms with van der Waals surface area (Å²) >= 11 is 0. The van der Waals surface area contributed by atoms with E-state index in [1.54, 1.807) is 12.1 Å². The van der Waals surface area contributed by atoms with Gasteiger partial charge in [-0.1, -0.05) is 0 Å². The van der Waals surface area contributed by atoms with Crippen molar-refractivity contribution in [3.05, 3.63) is 46.8 Å². The van der Waals surface area contributed by atoms with Crippen molar-refractivity contribution < 1.29 is 17.2 Å². The molecule has 0 atom stereocenters. The van der Waals surface area contributed by atoms with Crippen LogP contribution in [0.3, 0.4) is 0 Å². The smallest absolute Gasteiger partial charge is 0.248 e. The highest BCUT2D eigenvalue weighted by molar-refractivity contribution is 7.89. The number of aromatic amines is 1. The van der Waals surface area contributed by atoms with Crippen LogP contribution >= 0.6 is 0 Å².